The fourth-order valence-corrected chi connectivity index (χ4v) is 3.71. The molecule has 0 radical (unpaired) electrons. The first-order valence-corrected chi connectivity index (χ1v) is 7.88. The Balaban J connectivity index is 1.74. The molecule has 2 nitrogen and oxygen atoms in total. The monoisotopic (exact) mass is 326 g/mol. The van der Waals surface area contributed by atoms with Gasteiger partial charge < -0.3 is 0 Å². The summed E-state index contributed by atoms with van der Waals surface area (Å²) in [6, 6.07) is 7.14. The van der Waals surface area contributed by atoms with Crippen LogP contribution in [0.25, 0.3) is 10.2 Å². The van der Waals surface area contributed by atoms with Gasteiger partial charge in [-0.25, -0.2) is 9.97 Å². The van der Waals surface area contributed by atoms with Crippen LogP contribution >= 0.6 is 23.1 Å². The van der Waals surface area contributed by atoms with Crippen molar-refractivity contribution in [3.05, 3.63) is 53.2 Å². The zero-order valence-electron chi connectivity index (χ0n) is 10.6. The van der Waals surface area contributed by atoms with E-state index in [1.807, 2.05) is 11.4 Å². The van der Waals surface area contributed by atoms with Crippen molar-refractivity contribution in [1.82, 2.24) is 9.97 Å². The normalized spacial score (nSPS) is 12.0. The number of aromatic nitrogens is 2. The summed E-state index contributed by atoms with van der Waals surface area (Å²) in [6.07, 6.45) is -2.79. The molecule has 0 saturated heterocycles. The van der Waals surface area contributed by atoms with E-state index in [1.165, 1.54) is 30.2 Å². The van der Waals surface area contributed by atoms with E-state index in [9.17, 15) is 13.2 Å². The standard InChI is InChI=1S/C14H9F3N2S2/c15-14(16,17)10-3-1-9(2-4-10)7-21-13-12-11(5-6-20-12)18-8-19-13/h1-6,8H,7H2. The highest BCUT2D eigenvalue weighted by Crippen LogP contribution is 2.32. The minimum atomic E-state index is -4.29. The lowest BCUT2D eigenvalue weighted by atomic mass is 10.1. The molecule has 0 fully saturated rings. The molecule has 1 aromatic carbocycles. The average molecular weight is 326 g/mol. The lowest BCUT2D eigenvalue weighted by Crippen LogP contribution is -2.04. The van der Waals surface area contributed by atoms with Crippen LogP contribution in [0.5, 0.6) is 0 Å². The number of thiophene rings is 1. The molecule has 3 rings (SSSR count). The topological polar surface area (TPSA) is 25.8 Å². The van der Waals surface area contributed by atoms with E-state index < -0.39 is 11.7 Å². The highest BCUT2D eigenvalue weighted by Gasteiger charge is 2.29. The van der Waals surface area contributed by atoms with Gasteiger partial charge >= 0.3 is 6.18 Å². The first-order chi connectivity index (χ1) is 10.0. The molecule has 0 aliphatic carbocycles. The molecule has 0 saturated carbocycles. The fourth-order valence-electron chi connectivity index (χ4n) is 1.81. The number of hydrogen-bond donors (Lipinski definition) is 0. The Bertz CT molecular complexity index is 751. The molecule has 3 aromatic rings. The van der Waals surface area contributed by atoms with Crippen molar-refractivity contribution in [2.75, 3.05) is 0 Å². The van der Waals surface area contributed by atoms with Crippen LogP contribution in [0, 0.1) is 0 Å². The Morgan fingerprint density at radius 2 is 1.81 bits per heavy atom. The maximum absolute atomic E-state index is 12.5. The fraction of sp³-hybridized carbons (Fsp3) is 0.143. The summed E-state index contributed by atoms with van der Waals surface area (Å²) >= 11 is 3.06. The SMILES string of the molecule is FC(F)(F)c1ccc(CSc2ncnc3ccsc23)cc1. The van der Waals surface area contributed by atoms with Crippen LogP contribution < -0.4 is 0 Å². The van der Waals surface area contributed by atoms with Crippen molar-refractivity contribution in [3.63, 3.8) is 0 Å². The van der Waals surface area contributed by atoms with Gasteiger partial charge in [0.15, 0.2) is 0 Å². The number of benzene rings is 1. The van der Waals surface area contributed by atoms with Gasteiger partial charge in [0.05, 0.1) is 15.8 Å². The van der Waals surface area contributed by atoms with Crippen molar-refractivity contribution in [2.24, 2.45) is 0 Å². The molecule has 0 atom stereocenters. The summed E-state index contributed by atoms with van der Waals surface area (Å²) in [5, 5.41) is 2.80. The molecule has 0 N–H and O–H groups in total. The first kappa shape index (κ1) is 14.3. The zero-order valence-corrected chi connectivity index (χ0v) is 12.2. The predicted molar refractivity (Wildman–Crippen MR) is 78.4 cm³/mol. The molecule has 0 amide bonds. The molecule has 0 spiro atoms. The molecule has 2 heterocycles. The number of fused-ring (bicyclic) bond motifs is 1. The van der Waals surface area contributed by atoms with Gasteiger partial charge in [-0.05, 0) is 29.1 Å². The van der Waals surface area contributed by atoms with Gasteiger partial charge in [-0.15, -0.1) is 23.1 Å². The Hall–Kier alpha value is -1.60. The second-order valence-electron chi connectivity index (χ2n) is 4.30. The van der Waals surface area contributed by atoms with Crippen LogP contribution in [0.4, 0.5) is 13.2 Å². The summed E-state index contributed by atoms with van der Waals surface area (Å²) < 4.78 is 38.5. The summed E-state index contributed by atoms with van der Waals surface area (Å²) in [5.41, 5.74) is 1.10. The number of thioether (sulfide) groups is 1. The van der Waals surface area contributed by atoms with Crippen molar-refractivity contribution >= 4 is 33.3 Å². The lowest BCUT2D eigenvalue weighted by molar-refractivity contribution is -0.137. The van der Waals surface area contributed by atoms with Crippen molar-refractivity contribution in [2.45, 2.75) is 17.0 Å². The molecular weight excluding hydrogens is 317 g/mol. The summed E-state index contributed by atoms with van der Waals surface area (Å²) in [7, 11) is 0. The maximum atomic E-state index is 12.5. The van der Waals surface area contributed by atoms with E-state index in [2.05, 4.69) is 9.97 Å². The maximum Gasteiger partial charge on any atom is 0.416 e. The van der Waals surface area contributed by atoms with E-state index in [1.54, 1.807) is 11.3 Å². The summed E-state index contributed by atoms with van der Waals surface area (Å²) in [6.45, 7) is 0. The molecule has 0 aliphatic rings. The molecule has 0 aliphatic heterocycles. The largest absolute Gasteiger partial charge is 0.416 e. The highest BCUT2D eigenvalue weighted by atomic mass is 32.2. The third kappa shape index (κ3) is 3.19. The van der Waals surface area contributed by atoms with Gasteiger partial charge in [-0.2, -0.15) is 13.2 Å². The number of halogens is 3. The summed E-state index contributed by atoms with van der Waals surface area (Å²) in [4.78, 5) is 8.39. The van der Waals surface area contributed by atoms with E-state index in [0.717, 1.165) is 32.9 Å². The molecule has 0 unspecified atom stereocenters. The molecule has 2 aromatic heterocycles. The van der Waals surface area contributed by atoms with Crippen LogP contribution in [0.1, 0.15) is 11.1 Å². The van der Waals surface area contributed by atoms with E-state index in [4.69, 9.17) is 0 Å². The molecule has 21 heavy (non-hydrogen) atoms. The summed E-state index contributed by atoms with van der Waals surface area (Å²) in [5.74, 6) is 0.572. The number of alkyl halides is 3. The van der Waals surface area contributed by atoms with Gasteiger partial charge in [0.2, 0.25) is 0 Å². The van der Waals surface area contributed by atoms with Crippen LogP contribution in [-0.2, 0) is 11.9 Å². The number of nitrogens with zero attached hydrogens (tertiary/aromatic N) is 2. The third-order valence-corrected chi connectivity index (χ3v) is 4.97. The second kappa shape index (κ2) is 5.65. The van der Waals surface area contributed by atoms with Gasteiger partial charge in [-0.3, -0.25) is 0 Å². The Morgan fingerprint density at radius 1 is 1.05 bits per heavy atom. The van der Waals surface area contributed by atoms with Crippen molar-refractivity contribution in [1.29, 1.82) is 0 Å². The molecule has 0 bridgehead atoms. The van der Waals surface area contributed by atoms with E-state index >= 15 is 0 Å². The van der Waals surface area contributed by atoms with Crippen molar-refractivity contribution < 1.29 is 13.2 Å². The van der Waals surface area contributed by atoms with Crippen LogP contribution in [-0.4, -0.2) is 9.97 Å². The van der Waals surface area contributed by atoms with Gasteiger partial charge in [0, 0.05) is 5.75 Å². The second-order valence-corrected chi connectivity index (χ2v) is 6.18. The average Bonchev–Trinajstić information content (AvgIpc) is 2.93. The zero-order chi connectivity index (χ0) is 14.9. The van der Waals surface area contributed by atoms with Crippen LogP contribution in [0.2, 0.25) is 0 Å². The smallest absolute Gasteiger partial charge is 0.235 e. The Kier molecular flexibility index (Phi) is 3.86. The molecule has 7 heteroatoms. The minimum absolute atomic E-state index is 0.572. The highest BCUT2D eigenvalue weighted by molar-refractivity contribution is 7.98. The Labute approximate surface area is 127 Å². The third-order valence-electron chi connectivity index (χ3n) is 2.87. The van der Waals surface area contributed by atoms with Gasteiger partial charge in [0.1, 0.15) is 11.4 Å². The van der Waals surface area contributed by atoms with Crippen LogP contribution in [0.3, 0.4) is 0 Å². The van der Waals surface area contributed by atoms with E-state index in [0.29, 0.717) is 5.75 Å². The molecule has 108 valence electrons. The first-order valence-electron chi connectivity index (χ1n) is 6.01. The Morgan fingerprint density at radius 3 is 2.52 bits per heavy atom. The van der Waals surface area contributed by atoms with Gasteiger partial charge in [0.25, 0.3) is 0 Å². The minimum Gasteiger partial charge on any atom is -0.235 e. The van der Waals surface area contributed by atoms with E-state index in [-0.39, 0.29) is 0 Å². The number of rotatable bonds is 3. The number of hydrogen-bond acceptors (Lipinski definition) is 4. The quantitative estimate of drug-likeness (QED) is 0.500. The predicted octanol–water partition coefficient (Wildman–Crippen LogP) is 5.00. The lowest BCUT2D eigenvalue weighted by Gasteiger charge is -2.07. The van der Waals surface area contributed by atoms with Crippen molar-refractivity contribution in [3.8, 4) is 0 Å². The van der Waals surface area contributed by atoms with Gasteiger partial charge in [-0.1, -0.05) is 12.1 Å². The molecular formula is C14H9F3N2S2. The van der Waals surface area contributed by atoms with Crippen LogP contribution in [0.15, 0.2) is 47.1 Å².